The van der Waals surface area contributed by atoms with E-state index in [1.165, 1.54) is 0 Å². The zero-order valence-electron chi connectivity index (χ0n) is 16.5. The Morgan fingerprint density at radius 1 is 0.967 bits per heavy atom. The molecule has 5 rings (SSSR count). The van der Waals surface area contributed by atoms with Gasteiger partial charge < -0.3 is 0 Å². The van der Waals surface area contributed by atoms with Crippen LogP contribution in [-0.2, 0) is 10.0 Å². The summed E-state index contributed by atoms with van der Waals surface area (Å²) >= 11 is 0. The molecule has 0 aromatic heterocycles. The van der Waals surface area contributed by atoms with Gasteiger partial charge in [-0.3, -0.25) is 0 Å². The number of hydrogen-bond donors (Lipinski definition) is 0. The number of nitrogens with zero attached hydrogens (tertiary/aromatic N) is 2. The maximum atomic E-state index is 13.7. The molecule has 0 amide bonds. The summed E-state index contributed by atoms with van der Waals surface area (Å²) in [5, 5.41) is 12.4. The fourth-order valence-corrected chi connectivity index (χ4v) is 6.84. The molecule has 4 nitrogen and oxygen atoms in total. The summed E-state index contributed by atoms with van der Waals surface area (Å²) in [4.78, 5) is 0.269. The summed E-state index contributed by atoms with van der Waals surface area (Å²) in [6.45, 7) is 0.350. The first-order chi connectivity index (χ1) is 14.6. The normalized spacial score (nSPS) is 26.4. The van der Waals surface area contributed by atoms with Gasteiger partial charge in [0.1, 0.15) is 5.41 Å². The van der Waals surface area contributed by atoms with E-state index in [1.807, 2.05) is 60.7 Å². The first kappa shape index (κ1) is 19.0. The highest BCUT2D eigenvalue weighted by Gasteiger charge is 2.58. The maximum absolute atomic E-state index is 13.7. The van der Waals surface area contributed by atoms with Crippen molar-refractivity contribution in [1.82, 2.24) is 4.31 Å². The second kappa shape index (κ2) is 7.09. The van der Waals surface area contributed by atoms with Gasteiger partial charge in [-0.05, 0) is 47.2 Å². The molecule has 1 fully saturated rings. The van der Waals surface area contributed by atoms with E-state index in [4.69, 9.17) is 0 Å². The average molecular weight is 415 g/mol. The molecule has 150 valence electrons. The van der Waals surface area contributed by atoms with Crippen molar-refractivity contribution in [2.45, 2.75) is 23.8 Å². The van der Waals surface area contributed by atoms with Crippen molar-refractivity contribution in [1.29, 1.82) is 5.26 Å². The number of fused-ring (bicyclic) bond motifs is 2. The van der Waals surface area contributed by atoms with E-state index in [1.54, 1.807) is 28.6 Å². The second-order valence-electron chi connectivity index (χ2n) is 8.08. The van der Waals surface area contributed by atoms with E-state index in [0.29, 0.717) is 6.54 Å². The van der Waals surface area contributed by atoms with Crippen LogP contribution in [-0.4, -0.2) is 19.3 Å². The molecule has 1 aliphatic carbocycles. The summed E-state index contributed by atoms with van der Waals surface area (Å²) in [5.41, 5.74) is 0.0210. The van der Waals surface area contributed by atoms with Gasteiger partial charge in [-0.2, -0.15) is 9.57 Å². The van der Waals surface area contributed by atoms with Crippen LogP contribution in [0.1, 0.15) is 24.4 Å². The Morgan fingerprint density at radius 2 is 1.70 bits per heavy atom. The van der Waals surface area contributed by atoms with Crippen LogP contribution in [0, 0.1) is 22.7 Å². The minimum atomic E-state index is -3.76. The summed E-state index contributed by atoms with van der Waals surface area (Å²) in [5.74, 6) is -0.0324. The Labute approximate surface area is 177 Å². The molecule has 30 heavy (non-hydrogen) atoms. The van der Waals surface area contributed by atoms with Gasteiger partial charge in [-0.15, -0.1) is 0 Å². The molecule has 5 heteroatoms. The minimum absolute atomic E-state index is 0.0324. The number of benzene rings is 3. The molecule has 1 saturated heterocycles. The van der Waals surface area contributed by atoms with Crippen molar-refractivity contribution >= 4 is 20.8 Å². The van der Waals surface area contributed by atoms with Gasteiger partial charge in [0.05, 0.1) is 17.0 Å². The Kier molecular flexibility index (Phi) is 4.50. The average Bonchev–Trinajstić information content (AvgIpc) is 3.15. The van der Waals surface area contributed by atoms with E-state index in [-0.39, 0.29) is 10.8 Å². The molecular weight excluding hydrogens is 392 g/mol. The zero-order chi connectivity index (χ0) is 20.8. The molecule has 0 radical (unpaired) electrons. The van der Waals surface area contributed by atoms with Gasteiger partial charge in [0.15, 0.2) is 0 Å². The van der Waals surface area contributed by atoms with Crippen LogP contribution < -0.4 is 0 Å². The lowest BCUT2D eigenvalue weighted by Gasteiger charge is -2.35. The lowest BCUT2D eigenvalue weighted by Crippen LogP contribution is -2.36. The summed E-state index contributed by atoms with van der Waals surface area (Å²) in [7, 11) is -3.76. The van der Waals surface area contributed by atoms with Gasteiger partial charge in [-0.1, -0.05) is 72.8 Å². The SMILES string of the molecule is N#C[C@@]12C=CCC[C@@H]1CN(S(=O)(=O)c1ccccc1)[C@H]2c1cccc2ccccc12. The van der Waals surface area contributed by atoms with Crippen LogP contribution in [0.5, 0.6) is 0 Å². The third kappa shape index (κ3) is 2.72. The monoisotopic (exact) mass is 414 g/mol. The quantitative estimate of drug-likeness (QED) is 0.563. The number of allylic oxidation sites excluding steroid dienone is 1. The van der Waals surface area contributed by atoms with Gasteiger partial charge in [0.2, 0.25) is 10.0 Å². The lowest BCUT2D eigenvalue weighted by atomic mass is 9.67. The molecule has 2 aliphatic rings. The first-order valence-corrected chi connectivity index (χ1v) is 11.7. The standard InChI is InChI=1S/C25H22N2O2S/c26-18-25-16-7-6-11-20(25)17-27(30(28,29)21-12-2-1-3-13-21)24(25)23-15-8-10-19-9-4-5-14-22(19)23/h1-5,7-10,12-16,20,24H,6,11,17H2/t20-,24+,25+/m1/s1. The number of sulfonamides is 1. The van der Waals surface area contributed by atoms with Gasteiger partial charge in [0.25, 0.3) is 0 Å². The van der Waals surface area contributed by atoms with Crippen molar-refractivity contribution in [2.24, 2.45) is 11.3 Å². The van der Waals surface area contributed by atoms with Crippen LogP contribution in [0.15, 0.2) is 89.8 Å². The molecule has 0 bridgehead atoms. The fourth-order valence-electron chi connectivity index (χ4n) is 5.12. The lowest BCUT2D eigenvalue weighted by molar-refractivity contribution is 0.289. The van der Waals surface area contributed by atoms with Gasteiger partial charge >= 0.3 is 0 Å². The van der Waals surface area contributed by atoms with E-state index < -0.39 is 21.5 Å². The molecular formula is C25H22N2O2S. The summed E-state index contributed by atoms with van der Waals surface area (Å²) < 4.78 is 29.1. The Morgan fingerprint density at radius 3 is 2.50 bits per heavy atom. The molecule has 0 N–H and O–H groups in total. The van der Waals surface area contributed by atoms with Crippen molar-refractivity contribution in [3.8, 4) is 6.07 Å². The first-order valence-electron chi connectivity index (χ1n) is 10.2. The van der Waals surface area contributed by atoms with Crippen LogP contribution >= 0.6 is 0 Å². The van der Waals surface area contributed by atoms with E-state index >= 15 is 0 Å². The molecule has 1 aliphatic heterocycles. The Balaban J connectivity index is 1.77. The van der Waals surface area contributed by atoms with Crippen molar-refractivity contribution in [2.75, 3.05) is 6.54 Å². The van der Waals surface area contributed by atoms with Crippen LogP contribution in [0.25, 0.3) is 10.8 Å². The molecule has 3 aromatic carbocycles. The molecule has 3 aromatic rings. The highest BCUT2D eigenvalue weighted by molar-refractivity contribution is 7.89. The zero-order valence-corrected chi connectivity index (χ0v) is 17.3. The summed E-state index contributed by atoms with van der Waals surface area (Å²) in [6.07, 6.45) is 5.69. The molecule has 0 unspecified atom stereocenters. The number of rotatable bonds is 3. The molecule has 0 saturated carbocycles. The van der Waals surface area contributed by atoms with Crippen molar-refractivity contribution < 1.29 is 8.42 Å². The third-order valence-electron chi connectivity index (χ3n) is 6.55. The van der Waals surface area contributed by atoms with E-state index in [0.717, 1.165) is 29.2 Å². The highest BCUT2D eigenvalue weighted by atomic mass is 32.2. The highest BCUT2D eigenvalue weighted by Crippen LogP contribution is 2.57. The topological polar surface area (TPSA) is 61.2 Å². The Hall–Kier alpha value is -2.94. The van der Waals surface area contributed by atoms with E-state index in [9.17, 15) is 13.7 Å². The maximum Gasteiger partial charge on any atom is 0.243 e. The van der Waals surface area contributed by atoms with Crippen molar-refractivity contribution in [3.63, 3.8) is 0 Å². The third-order valence-corrected chi connectivity index (χ3v) is 8.40. The molecule has 3 atom stereocenters. The number of hydrogen-bond acceptors (Lipinski definition) is 3. The number of nitriles is 1. The van der Waals surface area contributed by atoms with Crippen LogP contribution in [0.4, 0.5) is 0 Å². The van der Waals surface area contributed by atoms with Crippen molar-refractivity contribution in [3.05, 3.63) is 90.5 Å². The van der Waals surface area contributed by atoms with Gasteiger partial charge in [0, 0.05) is 6.54 Å². The van der Waals surface area contributed by atoms with Crippen LogP contribution in [0.3, 0.4) is 0 Å². The summed E-state index contributed by atoms with van der Waals surface area (Å²) in [6, 6.07) is 24.5. The predicted molar refractivity (Wildman–Crippen MR) is 117 cm³/mol. The smallest absolute Gasteiger partial charge is 0.207 e. The molecule has 0 spiro atoms. The van der Waals surface area contributed by atoms with Crippen LogP contribution in [0.2, 0.25) is 0 Å². The van der Waals surface area contributed by atoms with E-state index in [2.05, 4.69) is 6.07 Å². The Bertz CT molecular complexity index is 1270. The second-order valence-corrected chi connectivity index (χ2v) is 9.97. The fraction of sp³-hybridized carbons (Fsp3) is 0.240. The molecule has 1 heterocycles. The predicted octanol–water partition coefficient (Wildman–Crippen LogP) is 5.06. The minimum Gasteiger partial charge on any atom is -0.207 e. The largest absolute Gasteiger partial charge is 0.243 e. The van der Waals surface area contributed by atoms with Gasteiger partial charge in [-0.25, -0.2) is 8.42 Å².